The number of rotatable bonds is 2. The first-order valence-electron chi connectivity index (χ1n) is 4.49. The van der Waals surface area contributed by atoms with E-state index in [9.17, 15) is 13.2 Å². The average Bonchev–Trinajstić information content (AvgIpc) is 2.24. The summed E-state index contributed by atoms with van der Waals surface area (Å²) in [6, 6.07) is 1.97. The fourth-order valence-electron chi connectivity index (χ4n) is 0.971. The summed E-state index contributed by atoms with van der Waals surface area (Å²) in [6.45, 7) is 0.495. The van der Waals surface area contributed by atoms with Gasteiger partial charge in [0.1, 0.15) is 0 Å². The Bertz CT molecular complexity index is 404. The van der Waals surface area contributed by atoms with Crippen LogP contribution in [0.2, 0.25) is 0 Å². The van der Waals surface area contributed by atoms with Gasteiger partial charge in [0.15, 0.2) is 17.5 Å². The van der Waals surface area contributed by atoms with E-state index in [0.717, 1.165) is 12.1 Å². The fourth-order valence-corrected chi connectivity index (χ4v) is 0.971. The Morgan fingerprint density at radius 3 is 2.53 bits per heavy atom. The molecule has 1 aromatic rings. The van der Waals surface area contributed by atoms with E-state index in [-0.39, 0.29) is 5.56 Å². The summed E-state index contributed by atoms with van der Waals surface area (Å²) < 4.78 is 38.3. The molecule has 0 aliphatic heterocycles. The maximum atomic E-state index is 13.0. The molecule has 1 rings (SSSR count). The number of nitrogens with two attached hydrogens (primary N) is 1. The zero-order chi connectivity index (χ0) is 11.3. The first-order chi connectivity index (χ1) is 7.16. The summed E-state index contributed by atoms with van der Waals surface area (Å²) in [5.74, 6) is 1.13. The van der Waals surface area contributed by atoms with Gasteiger partial charge in [-0.1, -0.05) is 11.8 Å². The Labute approximate surface area is 86.1 Å². The van der Waals surface area contributed by atoms with Crippen molar-refractivity contribution >= 4 is 0 Å². The Kier molecular flexibility index (Phi) is 4.19. The van der Waals surface area contributed by atoms with Gasteiger partial charge in [0.05, 0.1) is 5.56 Å². The van der Waals surface area contributed by atoms with E-state index in [0.29, 0.717) is 19.4 Å². The quantitative estimate of drug-likeness (QED) is 0.455. The van der Waals surface area contributed by atoms with Crippen molar-refractivity contribution in [3.63, 3.8) is 0 Å². The second-order valence-electron chi connectivity index (χ2n) is 2.92. The van der Waals surface area contributed by atoms with Gasteiger partial charge >= 0.3 is 0 Å². The Morgan fingerprint density at radius 2 is 1.87 bits per heavy atom. The molecule has 2 N–H and O–H groups in total. The van der Waals surface area contributed by atoms with Crippen LogP contribution in [0.15, 0.2) is 12.1 Å². The van der Waals surface area contributed by atoms with Crippen LogP contribution < -0.4 is 5.73 Å². The molecule has 1 nitrogen and oxygen atoms in total. The minimum absolute atomic E-state index is 0.133. The van der Waals surface area contributed by atoms with E-state index in [4.69, 9.17) is 5.73 Å². The van der Waals surface area contributed by atoms with Gasteiger partial charge in [0, 0.05) is 6.42 Å². The molecule has 0 saturated heterocycles. The van der Waals surface area contributed by atoms with Gasteiger partial charge in [-0.05, 0) is 25.1 Å². The van der Waals surface area contributed by atoms with E-state index in [1.54, 1.807) is 0 Å². The second-order valence-corrected chi connectivity index (χ2v) is 2.92. The van der Waals surface area contributed by atoms with Crippen molar-refractivity contribution in [2.24, 2.45) is 5.73 Å². The molecule has 0 aliphatic rings. The van der Waals surface area contributed by atoms with E-state index in [1.165, 1.54) is 0 Å². The summed E-state index contributed by atoms with van der Waals surface area (Å²) in [6.07, 6.45) is 1.20. The molecule has 0 aliphatic carbocycles. The van der Waals surface area contributed by atoms with Crippen LogP contribution in [0.5, 0.6) is 0 Å². The third-order valence-corrected chi connectivity index (χ3v) is 1.76. The van der Waals surface area contributed by atoms with E-state index in [1.807, 2.05) is 0 Å². The lowest BCUT2D eigenvalue weighted by atomic mass is 10.2. The second kappa shape index (κ2) is 5.42. The Balaban J connectivity index is 2.85. The van der Waals surface area contributed by atoms with Crippen LogP contribution in [0.25, 0.3) is 0 Å². The van der Waals surface area contributed by atoms with E-state index < -0.39 is 17.5 Å². The highest BCUT2D eigenvalue weighted by Gasteiger charge is 2.11. The van der Waals surface area contributed by atoms with Crippen LogP contribution in [-0.2, 0) is 0 Å². The first kappa shape index (κ1) is 11.6. The fraction of sp³-hybridized carbons (Fsp3) is 0.273. The summed E-state index contributed by atoms with van der Waals surface area (Å²) >= 11 is 0. The van der Waals surface area contributed by atoms with Crippen molar-refractivity contribution in [2.45, 2.75) is 12.8 Å². The minimum atomic E-state index is -1.49. The molecule has 0 spiro atoms. The molecule has 0 atom stereocenters. The van der Waals surface area contributed by atoms with Crippen LogP contribution >= 0.6 is 0 Å². The number of halogens is 3. The van der Waals surface area contributed by atoms with Crippen LogP contribution in [0, 0.1) is 29.3 Å². The Hall–Kier alpha value is -1.47. The molecule has 0 bridgehead atoms. The lowest BCUT2D eigenvalue weighted by Crippen LogP contribution is -1.97. The highest BCUT2D eigenvalue weighted by molar-refractivity contribution is 5.36. The van der Waals surface area contributed by atoms with Gasteiger partial charge in [0.2, 0.25) is 0 Å². The predicted molar refractivity (Wildman–Crippen MR) is 51.5 cm³/mol. The van der Waals surface area contributed by atoms with Gasteiger partial charge in [-0.25, -0.2) is 13.2 Å². The van der Waals surface area contributed by atoms with Crippen molar-refractivity contribution < 1.29 is 13.2 Å². The standard InChI is InChI=1S/C11H10F3N/c12-9-6-5-8(10(13)11(9)14)4-2-1-3-7-15/h5-6H,1,3,7,15H2. The molecular weight excluding hydrogens is 203 g/mol. The monoisotopic (exact) mass is 213 g/mol. The van der Waals surface area contributed by atoms with Crippen molar-refractivity contribution in [3.05, 3.63) is 35.1 Å². The molecular formula is C11H10F3N. The molecule has 0 radical (unpaired) electrons. The predicted octanol–water partition coefficient (Wildman–Crippen LogP) is 2.19. The maximum Gasteiger partial charge on any atom is 0.195 e. The van der Waals surface area contributed by atoms with E-state index in [2.05, 4.69) is 11.8 Å². The summed E-state index contributed by atoms with van der Waals surface area (Å²) in [5.41, 5.74) is 5.10. The van der Waals surface area contributed by atoms with Crippen LogP contribution in [0.4, 0.5) is 13.2 Å². The van der Waals surface area contributed by atoms with Crippen molar-refractivity contribution in [3.8, 4) is 11.8 Å². The Morgan fingerprint density at radius 1 is 1.13 bits per heavy atom. The highest BCUT2D eigenvalue weighted by Crippen LogP contribution is 2.13. The maximum absolute atomic E-state index is 13.0. The van der Waals surface area contributed by atoms with Gasteiger partial charge in [0.25, 0.3) is 0 Å². The van der Waals surface area contributed by atoms with Crippen molar-refractivity contribution in [1.29, 1.82) is 0 Å². The topological polar surface area (TPSA) is 26.0 Å². The largest absolute Gasteiger partial charge is 0.330 e. The molecule has 0 amide bonds. The lowest BCUT2D eigenvalue weighted by Gasteiger charge is -1.96. The number of hydrogen-bond acceptors (Lipinski definition) is 1. The lowest BCUT2D eigenvalue weighted by molar-refractivity contribution is 0.446. The summed E-state index contributed by atoms with van der Waals surface area (Å²) in [7, 11) is 0. The van der Waals surface area contributed by atoms with Crippen LogP contribution in [-0.4, -0.2) is 6.54 Å². The van der Waals surface area contributed by atoms with E-state index >= 15 is 0 Å². The van der Waals surface area contributed by atoms with Crippen LogP contribution in [0.1, 0.15) is 18.4 Å². The third kappa shape index (κ3) is 3.00. The van der Waals surface area contributed by atoms with Crippen molar-refractivity contribution in [1.82, 2.24) is 0 Å². The zero-order valence-electron chi connectivity index (χ0n) is 7.99. The number of hydrogen-bond donors (Lipinski definition) is 1. The molecule has 0 saturated carbocycles. The molecule has 4 heteroatoms. The highest BCUT2D eigenvalue weighted by atomic mass is 19.2. The molecule has 0 unspecified atom stereocenters. The number of unbranched alkanes of at least 4 members (excludes halogenated alkanes) is 1. The SMILES string of the molecule is NCCCC#Cc1ccc(F)c(F)c1F. The van der Waals surface area contributed by atoms with Gasteiger partial charge in [-0.3, -0.25) is 0 Å². The first-order valence-corrected chi connectivity index (χ1v) is 4.49. The summed E-state index contributed by atoms with van der Waals surface area (Å²) in [4.78, 5) is 0. The molecule has 80 valence electrons. The van der Waals surface area contributed by atoms with Gasteiger partial charge in [-0.2, -0.15) is 0 Å². The molecule has 0 fully saturated rings. The molecule has 15 heavy (non-hydrogen) atoms. The summed E-state index contributed by atoms with van der Waals surface area (Å²) in [5, 5.41) is 0. The average molecular weight is 213 g/mol. The minimum Gasteiger partial charge on any atom is -0.330 e. The van der Waals surface area contributed by atoms with Gasteiger partial charge < -0.3 is 5.73 Å². The molecule has 0 heterocycles. The zero-order valence-corrected chi connectivity index (χ0v) is 7.99. The van der Waals surface area contributed by atoms with Gasteiger partial charge in [-0.15, -0.1) is 0 Å². The van der Waals surface area contributed by atoms with Crippen LogP contribution in [0.3, 0.4) is 0 Å². The smallest absolute Gasteiger partial charge is 0.195 e. The normalized spacial score (nSPS) is 9.60. The third-order valence-electron chi connectivity index (χ3n) is 1.76. The number of benzene rings is 1. The molecule has 1 aromatic carbocycles. The van der Waals surface area contributed by atoms with Crippen molar-refractivity contribution in [2.75, 3.05) is 6.54 Å². The molecule has 0 aromatic heterocycles.